The standard InChI is InChI=1S/C17H13F3N2O4S2/c18-17(19,20)10-2-1-3-12-15(10)22-16(26-12)27-8-11(24)13-5-4-9(28-13)6-21-14(25)7-23/h1-5,23H,6-8H2,(H,21,25). The molecule has 0 spiro atoms. The van der Waals surface area contributed by atoms with E-state index in [0.29, 0.717) is 4.88 Å². The van der Waals surface area contributed by atoms with Crippen LogP contribution in [-0.4, -0.2) is 34.1 Å². The van der Waals surface area contributed by atoms with Crippen molar-refractivity contribution in [1.82, 2.24) is 10.3 Å². The summed E-state index contributed by atoms with van der Waals surface area (Å²) in [4.78, 5) is 28.3. The molecule has 0 saturated heterocycles. The van der Waals surface area contributed by atoms with Gasteiger partial charge >= 0.3 is 6.18 Å². The molecule has 0 saturated carbocycles. The van der Waals surface area contributed by atoms with E-state index < -0.39 is 24.3 Å². The maximum absolute atomic E-state index is 13.0. The van der Waals surface area contributed by atoms with Crippen LogP contribution in [-0.2, 0) is 17.5 Å². The van der Waals surface area contributed by atoms with Crippen molar-refractivity contribution in [2.24, 2.45) is 0 Å². The number of oxazole rings is 1. The van der Waals surface area contributed by atoms with E-state index in [-0.39, 0.29) is 34.4 Å². The number of hydrogen-bond donors (Lipinski definition) is 2. The molecule has 1 amide bonds. The van der Waals surface area contributed by atoms with E-state index in [2.05, 4.69) is 10.3 Å². The lowest BCUT2D eigenvalue weighted by atomic mass is 10.2. The molecule has 3 aromatic rings. The van der Waals surface area contributed by atoms with Crippen LogP contribution in [0.5, 0.6) is 0 Å². The number of thioether (sulfide) groups is 1. The number of fused-ring (bicyclic) bond motifs is 1. The van der Waals surface area contributed by atoms with E-state index in [1.165, 1.54) is 23.5 Å². The Hall–Kier alpha value is -2.37. The number of aliphatic hydroxyl groups is 1. The molecule has 2 heterocycles. The topological polar surface area (TPSA) is 92.4 Å². The Morgan fingerprint density at radius 1 is 1.25 bits per heavy atom. The average Bonchev–Trinajstić information content (AvgIpc) is 3.29. The lowest BCUT2D eigenvalue weighted by molar-refractivity contribution is -0.136. The third kappa shape index (κ3) is 4.72. The number of nitrogens with one attached hydrogen (secondary N) is 1. The molecule has 0 bridgehead atoms. The molecule has 0 radical (unpaired) electrons. The van der Waals surface area contributed by atoms with Crippen molar-refractivity contribution in [3.05, 3.63) is 45.6 Å². The highest BCUT2D eigenvalue weighted by Crippen LogP contribution is 2.36. The molecule has 2 aromatic heterocycles. The number of nitrogens with zero attached hydrogens (tertiary/aromatic N) is 1. The Bertz CT molecular complexity index is 1010. The average molecular weight is 430 g/mol. The number of rotatable bonds is 7. The summed E-state index contributed by atoms with van der Waals surface area (Å²) in [5, 5.41) is 11.1. The summed E-state index contributed by atoms with van der Waals surface area (Å²) in [6, 6.07) is 6.82. The summed E-state index contributed by atoms with van der Waals surface area (Å²) in [5.41, 5.74) is -1.18. The van der Waals surface area contributed by atoms with E-state index in [1.54, 1.807) is 12.1 Å². The monoisotopic (exact) mass is 430 g/mol. The van der Waals surface area contributed by atoms with E-state index >= 15 is 0 Å². The molecule has 0 aliphatic carbocycles. The van der Waals surface area contributed by atoms with Gasteiger partial charge in [0.05, 0.1) is 22.7 Å². The Morgan fingerprint density at radius 2 is 2.04 bits per heavy atom. The van der Waals surface area contributed by atoms with Crippen molar-refractivity contribution in [1.29, 1.82) is 0 Å². The molecule has 0 aliphatic heterocycles. The second-order valence-electron chi connectivity index (χ2n) is 5.54. The van der Waals surface area contributed by atoms with Gasteiger partial charge in [0, 0.05) is 4.88 Å². The molecular formula is C17H13F3N2O4S2. The lowest BCUT2D eigenvalue weighted by Crippen LogP contribution is -2.25. The van der Waals surface area contributed by atoms with Crippen LogP contribution in [0.15, 0.2) is 40.0 Å². The maximum atomic E-state index is 13.0. The molecule has 3 rings (SSSR count). The van der Waals surface area contributed by atoms with Crippen LogP contribution in [0.4, 0.5) is 13.2 Å². The van der Waals surface area contributed by atoms with Crippen LogP contribution < -0.4 is 5.32 Å². The summed E-state index contributed by atoms with van der Waals surface area (Å²) in [6.07, 6.45) is -4.55. The van der Waals surface area contributed by atoms with Gasteiger partial charge in [-0.3, -0.25) is 9.59 Å². The Morgan fingerprint density at radius 3 is 2.75 bits per heavy atom. The Balaban J connectivity index is 1.65. The number of carbonyl (C=O) groups is 2. The van der Waals surface area contributed by atoms with E-state index in [4.69, 9.17) is 9.52 Å². The van der Waals surface area contributed by atoms with Crippen molar-refractivity contribution in [3.63, 3.8) is 0 Å². The van der Waals surface area contributed by atoms with Gasteiger partial charge in [-0.2, -0.15) is 13.2 Å². The number of halogens is 3. The Labute approximate surface area is 164 Å². The zero-order valence-electron chi connectivity index (χ0n) is 14.1. The number of ketones is 1. The van der Waals surface area contributed by atoms with E-state index in [1.807, 2.05) is 0 Å². The van der Waals surface area contributed by atoms with Crippen molar-refractivity contribution < 1.29 is 32.3 Å². The lowest BCUT2D eigenvalue weighted by Gasteiger charge is -2.05. The number of hydrogen-bond acceptors (Lipinski definition) is 7. The molecule has 0 aliphatic rings. The largest absolute Gasteiger partial charge is 0.431 e. The number of benzene rings is 1. The Kier molecular flexibility index (Phi) is 6.06. The number of aliphatic hydroxyl groups excluding tert-OH is 1. The summed E-state index contributed by atoms with van der Waals surface area (Å²) >= 11 is 2.09. The maximum Gasteiger partial charge on any atom is 0.418 e. The first-order valence-electron chi connectivity index (χ1n) is 7.87. The highest BCUT2D eigenvalue weighted by molar-refractivity contribution is 7.99. The van der Waals surface area contributed by atoms with Gasteiger partial charge in [0.25, 0.3) is 5.22 Å². The third-order valence-electron chi connectivity index (χ3n) is 3.57. The number of amides is 1. The van der Waals surface area contributed by atoms with Gasteiger partial charge in [-0.25, -0.2) is 4.98 Å². The SMILES string of the molecule is O=C(CO)NCc1ccc(C(=O)CSc2nc3c(C(F)(F)F)cccc3o2)s1. The predicted octanol–water partition coefficient (Wildman–Crippen LogP) is 3.49. The number of alkyl halides is 3. The van der Waals surface area contributed by atoms with Gasteiger partial charge < -0.3 is 14.8 Å². The second-order valence-corrected chi connectivity index (χ2v) is 7.64. The van der Waals surface area contributed by atoms with Crippen LogP contribution in [0.2, 0.25) is 0 Å². The van der Waals surface area contributed by atoms with E-state index in [9.17, 15) is 22.8 Å². The summed E-state index contributed by atoms with van der Waals surface area (Å²) in [5.74, 6) is -0.823. The second kappa shape index (κ2) is 8.33. The summed E-state index contributed by atoms with van der Waals surface area (Å²) < 4.78 is 44.4. The van der Waals surface area contributed by atoms with Gasteiger partial charge in [0.1, 0.15) is 12.1 Å². The van der Waals surface area contributed by atoms with Gasteiger partial charge in [0.2, 0.25) is 5.91 Å². The number of Topliss-reactive ketones (excluding diaryl/α,β-unsaturated/α-hetero) is 1. The highest BCUT2D eigenvalue weighted by Gasteiger charge is 2.34. The minimum atomic E-state index is -4.55. The number of thiophene rings is 1. The summed E-state index contributed by atoms with van der Waals surface area (Å²) in [6.45, 7) is -0.426. The van der Waals surface area contributed by atoms with Crippen LogP contribution in [0.25, 0.3) is 11.1 Å². The minimum absolute atomic E-state index is 0.00260. The number of carbonyl (C=O) groups excluding carboxylic acids is 2. The number of aromatic nitrogens is 1. The molecule has 2 N–H and O–H groups in total. The quantitative estimate of drug-likeness (QED) is 0.440. The molecule has 0 atom stereocenters. The smallest absolute Gasteiger partial charge is 0.418 e. The molecule has 1 aromatic carbocycles. The molecule has 0 fully saturated rings. The first-order chi connectivity index (χ1) is 13.3. The van der Waals surface area contributed by atoms with Gasteiger partial charge in [-0.1, -0.05) is 17.8 Å². The first-order valence-corrected chi connectivity index (χ1v) is 9.67. The molecule has 28 heavy (non-hydrogen) atoms. The van der Waals surface area contributed by atoms with Crippen LogP contribution in [0, 0.1) is 0 Å². The molecule has 148 valence electrons. The van der Waals surface area contributed by atoms with Crippen LogP contribution >= 0.6 is 23.1 Å². The fourth-order valence-corrected chi connectivity index (χ4v) is 3.97. The van der Waals surface area contributed by atoms with Gasteiger partial charge in [-0.15, -0.1) is 11.3 Å². The highest BCUT2D eigenvalue weighted by atomic mass is 32.2. The molecular weight excluding hydrogens is 417 g/mol. The van der Waals surface area contributed by atoms with Crippen molar-refractivity contribution in [2.45, 2.75) is 17.9 Å². The first kappa shape index (κ1) is 20.4. The van der Waals surface area contributed by atoms with Crippen molar-refractivity contribution >= 4 is 45.9 Å². The number of para-hydroxylation sites is 1. The van der Waals surface area contributed by atoms with E-state index in [0.717, 1.165) is 22.7 Å². The minimum Gasteiger partial charge on any atom is -0.431 e. The van der Waals surface area contributed by atoms with Gasteiger partial charge in [-0.05, 0) is 24.3 Å². The van der Waals surface area contributed by atoms with Crippen LogP contribution in [0.3, 0.4) is 0 Å². The fraction of sp³-hybridized carbons (Fsp3) is 0.235. The predicted molar refractivity (Wildman–Crippen MR) is 97.3 cm³/mol. The van der Waals surface area contributed by atoms with Gasteiger partial charge in [0.15, 0.2) is 11.4 Å². The zero-order chi connectivity index (χ0) is 20.3. The fourth-order valence-electron chi connectivity index (χ4n) is 2.28. The molecule has 6 nitrogen and oxygen atoms in total. The summed E-state index contributed by atoms with van der Waals surface area (Å²) in [7, 11) is 0. The van der Waals surface area contributed by atoms with Crippen LogP contribution in [0.1, 0.15) is 20.1 Å². The third-order valence-corrected chi connectivity index (χ3v) is 5.53. The van der Waals surface area contributed by atoms with Crippen molar-refractivity contribution in [3.8, 4) is 0 Å². The zero-order valence-corrected chi connectivity index (χ0v) is 15.7. The molecule has 0 unspecified atom stereocenters. The van der Waals surface area contributed by atoms with Crippen molar-refractivity contribution in [2.75, 3.05) is 12.4 Å². The normalized spacial score (nSPS) is 11.7. The molecule has 11 heteroatoms.